The molecule has 106 valence electrons. The summed E-state index contributed by atoms with van der Waals surface area (Å²) in [5, 5.41) is 0.820. The second-order valence-electron chi connectivity index (χ2n) is 5.25. The van der Waals surface area contributed by atoms with Crippen LogP contribution in [0.2, 0.25) is 5.02 Å². The number of benzene rings is 1. The molecule has 1 aliphatic rings. The van der Waals surface area contributed by atoms with Crippen LogP contribution >= 0.6 is 11.6 Å². The molecule has 4 heteroatoms. The Balaban J connectivity index is 1.96. The van der Waals surface area contributed by atoms with E-state index in [2.05, 4.69) is 23.6 Å². The Labute approximate surface area is 121 Å². The molecule has 2 N–H and O–H groups in total. The van der Waals surface area contributed by atoms with Crippen LogP contribution in [0.25, 0.3) is 0 Å². The van der Waals surface area contributed by atoms with E-state index in [0.717, 1.165) is 49.0 Å². The first-order valence-corrected chi connectivity index (χ1v) is 7.52. The van der Waals surface area contributed by atoms with E-state index in [-0.39, 0.29) is 0 Å². The van der Waals surface area contributed by atoms with Crippen LogP contribution in [0.5, 0.6) is 0 Å². The second kappa shape index (κ2) is 6.60. The van der Waals surface area contributed by atoms with Gasteiger partial charge in [0.1, 0.15) is 0 Å². The van der Waals surface area contributed by atoms with Crippen LogP contribution in [0.15, 0.2) is 18.2 Å². The molecule has 0 spiro atoms. The van der Waals surface area contributed by atoms with Crippen LogP contribution in [0.1, 0.15) is 25.8 Å². The van der Waals surface area contributed by atoms with Gasteiger partial charge in [0.2, 0.25) is 0 Å². The van der Waals surface area contributed by atoms with E-state index in [9.17, 15) is 0 Å². The van der Waals surface area contributed by atoms with Crippen molar-refractivity contribution in [3.63, 3.8) is 0 Å². The highest BCUT2D eigenvalue weighted by Gasteiger charge is 2.26. The molecule has 2 rings (SSSR count). The number of nitrogens with two attached hydrogens (primary N) is 1. The molecule has 1 heterocycles. The maximum Gasteiger partial charge on any atom is 0.0452 e. The largest absolute Gasteiger partial charge is 0.399 e. The molecule has 1 fully saturated rings. The highest BCUT2D eigenvalue weighted by molar-refractivity contribution is 6.31. The molecular formula is C15H24ClN3. The first-order valence-electron chi connectivity index (χ1n) is 7.14. The number of anilines is 1. The van der Waals surface area contributed by atoms with Crippen molar-refractivity contribution < 1.29 is 0 Å². The van der Waals surface area contributed by atoms with Crippen molar-refractivity contribution in [2.75, 3.05) is 31.9 Å². The Morgan fingerprint density at radius 2 is 2.11 bits per heavy atom. The van der Waals surface area contributed by atoms with Crippen LogP contribution < -0.4 is 5.73 Å². The summed E-state index contributed by atoms with van der Waals surface area (Å²) in [4.78, 5) is 5.02. The number of likely N-dealkylation sites (N-methyl/N-ethyl adjacent to an activating group) is 1. The van der Waals surface area contributed by atoms with Crippen LogP contribution in [0.4, 0.5) is 5.69 Å². The van der Waals surface area contributed by atoms with Crippen molar-refractivity contribution in [1.82, 2.24) is 9.80 Å². The fourth-order valence-corrected chi connectivity index (χ4v) is 3.13. The summed E-state index contributed by atoms with van der Waals surface area (Å²) < 4.78 is 0. The van der Waals surface area contributed by atoms with E-state index < -0.39 is 0 Å². The van der Waals surface area contributed by atoms with Gasteiger partial charge >= 0.3 is 0 Å². The topological polar surface area (TPSA) is 32.5 Å². The van der Waals surface area contributed by atoms with Crippen molar-refractivity contribution in [3.8, 4) is 0 Å². The molecule has 1 aromatic rings. The van der Waals surface area contributed by atoms with E-state index in [1.54, 1.807) is 0 Å². The van der Waals surface area contributed by atoms with E-state index in [4.69, 9.17) is 17.3 Å². The molecule has 1 atom stereocenters. The molecule has 19 heavy (non-hydrogen) atoms. The van der Waals surface area contributed by atoms with Crippen LogP contribution in [0.3, 0.4) is 0 Å². The lowest BCUT2D eigenvalue weighted by atomic mass is 10.2. The van der Waals surface area contributed by atoms with Crippen LogP contribution in [0, 0.1) is 0 Å². The standard InChI is InChI=1S/C15H24ClN3/c1-3-19(4-2)14-7-8-18(11-14)10-12-9-13(17)5-6-15(12)16/h5-6,9,14H,3-4,7-8,10-11,17H2,1-2H3. The van der Waals surface area contributed by atoms with Crippen LogP contribution in [-0.4, -0.2) is 42.0 Å². The van der Waals surface area contributed by atoms with Gasteiger partial charge in [-0.1, -0.05) is 25.4 Å². The molecule has 0 bridgehead atoms. The molecule has 3 nitrogen and oxygen atoms in total. The van der Waals surface area contributed by atoms with Crippen molar-refractivity contribution in [1.29, 1.82) is 0 Å². The maximum absolute atomic E-state index is 6.24. The lowest BCUT2D eigenvalue weighted by molar-refractivity contribution is 0.209. The minimum atomic E-state index is 0.690. The van der Waals surface area contributed by atoms with Gasteiger partial charge < -0.3 is 5.73 Å². The summed E-state index contributed by atoms with van der Waals surface area (Å²) in [6.45, 7) is 9.92. The lowest BCUT2D eigenvalue weighted by Gasteiger charge is -2.26. The third-order valence-electron chi connectivity index (χ3n) is 4.04. The minimum absolute atomic E-state index is 0.690. The third kappa shape index (κ3) is 3.62. The fourth-order valence-electron chi connectivity index (χ4n) is 2.95. The van der Waals surface area contributed by atoms with Gasteiger partial charge in [0.15, 0.2) is 0 Å². The number of likely N-dealkylation sites (tertiary alicyclic amines) is 1. The molecule has 0 aromatic heterocycles. The number of nitrogen functional groups attached to an aromatic ring is 1. The van der Waals surface area contributed by atoms with Crippen molar-refractivity contribution in [3.05, 3.63) is 28.8 Å². The summed E-state index contributed by atoms with van der Waals surface area (Å²) in [5.74, 6) is 0. The minimum Gasteiger partial charge on any atom is -0.399 e. The number of halogens is 1. The molecule has 1 saturated heterocycles. The fraction of sp³-hybridized carbons (Fsp3) is 0.600. The molecule has 0 aliphatic carbocycles. The predicted molar refractivity (Wildman–Crippen MR) is 82.5 cm³/mol. The molecule has 1 aliphatic heterocycles. The average molecular weight is 282 g/mol. The van der Waals surface area contributed by atoms with Gasteiger partial charge in [-0.25, -0.2) is 0 Å². The van der Waals surface area contributed by atoms with Gasteiger partial charge in [-0.2, -0.15) is 0 Å². The normalized spacial score (nSPS) is 20.3. The highest BCUT2D eigenvalue weighted by atomic mass is 35.5. The maximum atomic E-state index is 6.24. The van der Waals surface area contributed by atoms with Gasteiger partial charge in [-0.15, -0.1) is 0 Å². The summed E-state index contributed by atoms with van der Waals surface area (Å²) in [7, 11) is 0. The average Bonchev–Trinajstić information content (AvgIpc) is 2.84. The summed E-state index contributed by atoms with van der Waals surface area (Å²) in [6.07, 6.45) is 1.25. The molecule has 1 unspecified atom stereocenters. The summed E-state index contributed by atoms with van der Waals surface area (Å²) in [6, 6.07) is 6.43. The van der Waals surface area contributed by atoms with Gasteiger partial charge in [0, 0.05) is 36.4 Å². The number of nitrogens with zero attached hydrogens (tertiary/aromatic N) is 2. The van der Waals surface area contributed by atoms with Gasteiger partial charge in [0.25, 0.3) is 0 Å². The van der Waals surface area contributed by atoms with Crippen molar-refractivity contribution in [2.45, 2.75) is 32.9 Å². The van der Waals surface area contributed by atoms with E-state index in [1.807, 2.05) is 18.2 Å². The zero-order valence-electron chi connectivity index (χ0n) is 11.9. The van der Waals surface area contributed by atoms with Crippen molar-refractivity contribution >= 4 is 17.3 Å². The number of rotatable bonds is 5. The summed E-state index contributed by atoms with van der Waals surface area (Å²) in [5.41, 5.74) is 7.77. The molecule has 1 aromatic carbocycles. The molecular weight excluding hydrogens is 258 g/mol. The Hall–Kier alpha value is -0.770. The van der Waals surface area contributed by atoms with Gasteiger partial charge in [-0.05, 0) is 43.3 Å². The summed E-state index contributed by atoms with van der Waals surface area (Å²) >= 11 is 6.24. The smallest absolute Gasteiger partial charge is 0.0452 e. The van der Waals surface area contributed by atoms with Crippen molar-refractivity contribution in [2.24, 2.45) is 0 Å². The van der Waals surface area contributed by atoms with Crippen LogP contribution in [-0.2, 0) is 6.54 Å². The first kappa shape index (κ1) is 14.6. The van der Waals surface area contributed by atoms with Gasteiger partial charge in [-0.3, -0.25) is 9.80 Å². The molecule has 0 radical (unpaired) electrons. The molecule has 0 amide bonds. The van der Waals surface area contributed by atoms with Gasteiger partial charge in [0.05, 0.1) is 0 Å². The Morgan fingerprint density at radius 3 is 2.79 bits per heavy atom. The zero-order valence-corrected chi connectivity index (χ0v) is 12.7. The van der Waals surface area contributed by atoms with E-state index in [1.165, 1.54) is 6.42 Å². The third-order valence-corrected chi connectivity index (χ3v) is 4.41. The number of hydrogen-bond acceptors (Lipinski definition) is 3. The predicted octanol–water partition coefficient (Wildman–Crippen LogP) is 2.84. The van der Waals surface area contributed by atoms with E-state index in [0.29, 0.717) is 6.04 Å². The Kier molecular flexibility index (Phi) is 5.08. The second-order valence-corrected chi connectivity index (χ2v) is 5.66. The Morgan fingerprint density at radius 1 is 1.37 bits per heavy atom. The first-order chi connectivity index (χ1) is 9.13. The Bertz CT molecular complexity index is 418. The zero-order chi connectivity index (χ0) is 13.8. The highest BCUT2D eigenvalue weighted by Crippen LogP contribution is 2.23. The lowest BCUT2D eigenvalue weighted by Crippen LogP contribution is -2.37. The monoisotopic (exact) mass is 281 g/mol. The SMILES string of the molecule is CCN(CC)C1CCN(Cc2cc(N)ccc2Cl)C1. The van der Waals surface area contributed by atoms with E-state index >= 15 is 0 Å². The quantitative estimate of drug-likeness (QED) is 0.843. The molecule has 0 saturated carbocycles. The number of hydrogen-bond donors (Lipinski definition) is 1.